The molecule has 0 fully saturated rings. The molecule has 4 rings (SSSR count). The molecule has 0 aliphatic rings. The molecule has 2 aromatic heterocycles. The zero-order chi connectivity index (χ0) is 18.1. The Kier molecular flexibility index (Phi) is 3.97. The van der Waals surface area contributed by atoms with Crippen molar-refractivity contribution >= 4 is 22.5 Å². The quantitative estimate of drug-likeness (QED) is 0.438. The number of nitrogens with two attached hydrogens (primary N) is 1. The lowest BCUT2D eigenvalue weighted by Crippen LogP contribution is -2.10. The fourth-order valence-corrected chi connectivity index (χ4v) is 3.24. The maximum Gasteiger partial charge on any atom is 0.250 e. The van der Waals surface area contributed by atoms with Gasteiger partial charge in [-0.05, 0) is 48.2 Å². The third-order valence-electron chi connectivity index (χ3n) is 4.60. The Hall–Kier alpha value is -3.47. The number of hydrogen-bond donors (Lipinski definition) is 4. The number of anilines is 1. The van der Waals surface area contributed by atoms with Gasteiger partial charge < -0.3 is 21.0 Å². The molecule has 26 heavy (non-hydrogen) atoms. The topological polar surface area (TPSA) is 86.7 Å². The number of rotatable bonds is 5. The van der Waals surface area contributed by atoms with Gasteiger partial charge in [0.15, 0.2) is 0 Å². The van der Waals surface area contributed by atoms with Crippen LogP contribution in [0.5, 0.6) is 0 Å². The average molecular weight is 344 g/mol. The molecule has 5 N–H and O–H groups in total. The lowest BCUT2D eigenvalue weighted by molar-refractivity contribution is 0.1000. The van der Waals surface area contributed by atoms with Gasteiger partial charge in [-0.1, -0.05) is 24.3 Å². The van der Waals surface area contributed by atoms with Crippen molar-refractivity contribution in [1.29, 1.82) is 0 Å². The molecule has 0 atom stereocenters. The van der Waals surface area contributed by atoms with Gasteiger partial charge in [-0.3, -0.25) is 4.79 Å². The second-order valence-corrected chi connectivity index (χ2v) is 6.38. The normalized spacial score (nSPS) is 11.0. The minimum Gasteiger partial charge on any atom is -0.380 e. The molecule has 5 heteroatoms. The van der Waals surface area contributed by atoms with Crippen LogP contribution in [0.1, 0.15) is 21.6 Å². The van der Waals surface area contributed by atoms with Crippen LogP contribution in [0.4, 0.5) is 5.69 Å². The number of aryl methyl sites for hydroxylation is 1. The first-order valence-corrected chi connectivity index (χ1v) is 8.50. The van der Waals surface area contributed by atoms with Gasteiger partial charge in [-0.25, -0.2) is 0 Å². The first-order chi connectivity index (χ1) is 12.6. The molecular weight excluding hydrogens is 324 g/mol. The van der Waals surface area contributed by atoms with E-state index in [0.29, 0.717) is 12.1 Å². The molecule has 0 saturated heterocycles. The molecule has 0 bridgehead atoms. The molecule has 1 amide bonds. The summed E-state index contributed by atoms with van der Waals surface area (Å²) in [6.07, 6.45) is 1.95. The lowest BCUT2D eigenvalue weighted by atomic mass is 10.1. The summed E-state index contributed by atoms with van der Waals surface area (Å²) in [5.41, 5.74) is 12.0. The Morgan fingerprint density at radius 2 is 1.96 bits per heavy atom. The van der Waals surface area contributed by atoms with Crippen LogP contribution in [0.2, 0.25) is 0 Å². The van der Waals surface area contributed by atoms with Crippen molar-refractivity contribution in [2.45, 2.75) is 13.5 Å². The predicted molar refractivity (Wildman–Crippen MR) is 105 cm³/mol. The third kappa shape index (κ3) is 2.95. The molecule has 0 saturated carbocycles. The highest BCUT2D eigenvalue weighted by atomic mass is 16.1. The molecule has 0 radical (unpaired) electrons. The van der Waals surface area contributed by atoms with Gasteiger partial charge in [0, 0.05) is 40.9 Å². The van der Waals surface area contributed by atoms with Crippen LogP contribution in [0.25, 0.3) is 22.2 Å². The molecule has 130 valence electrons. The Bertz CT molecular complexity index is 1090. The van der Waals surface area contributed by atoms with E-state index in [-0.39, 0.29) is 0 Å². The van der Waals surface area contributed by atoms with Gasteiger partial charge >= 0.3 is 0 Å². The van der Waals surface area contributed by atoms with Crippen LogP contribution in [0.15, 0.2) is 60.8 Å². The highest BCUT2D eigenvalue weighted by molar-refractivity contribution is 5.96. The second-order valence-electron chi connectivity index (χ2n) is 6.38. The number of carbonyl (C=O) groups is 1. The van der Waals surface area contributed by atoms with Crippen LogP contribution in [0.3, 0.4) is 0 Å². The van der Waals surface area contributed by atoms with Crippen molar-refractivity contribution in [2.75, 3.05) is 5.32 Å². The third-order valence-corrected chi connectivity index (χ3v) is 4.60. The van der Waals surface area contributed by atoms with E-state index in [1.807, 2.05) is 43.5 Å². The van der Waals surface area contributed by atoms with Gasteiger partial charge in [0.25, 0.3) is 5.91 Å². The number of primary amides is 1. The van der Waals surface area contributed by atoms with Gasteiger partial charge in [0.2, 0.25) is 0 Å². The summed E-state index contributed by atoms with van der Waals surface area (Å²) in [5.74, 6) is -0.421. The molecule has 0 unspecified atom stereocenters. The number of nitrogens with one attached hydrogen (secondary N) is 3. The van der Waals surface area contributed by atoms with E-state index < -0.39 is 5.91 Å². The minimum atomic E-state index is -0.421. The summed E-state index contributed by atoms with van der Waals surface area (Å²) in [5, 5.41) is 4.69. The van der Waals surface area contributed by atoms with Crippen molar-refractivity contribution in [3.63, 3.8) is 0 Å². The highest BCUT2D eigenvalue weighted by Crippen LogP contribution is 2.29. The van der Waals surface area contributed by atoms with Crippen molar-refractivity contribution in [3.8, 4) is 11.3 Å². The smallest absolute Gasteiger partial charge is 0.250 e. The number of hydrogen-bond acceptors (Lipinski definition) is 2. The number of fused-ring (bicyclic) bond motifs is 1. The molecule has 0 aliphatic carbocycles. The molecule has 0 spiro atoms. The monoisotopic (exact) mass is 344 g/mol. The zero-order valence-electron chi connectivity index (χ0n) is 14.5. The summed E-state index contributed by atoms with van der Waals surface area (Å²) < 4.78 is 0. The van der Waals surface area contributed by atoms with E-state index >= 15 is 0 Å². The van der Waals surface area contributed by atoms with E-state index in [4.69, 9.17) is 5.73 Å². The van der Waals surface area contributed by atoms with Gasteiger partial charge in [0.05, 0.1) is 5.56 Å². The van der Waals surface area contributed by atoms with Crippen molar-refractivity contribution in [1.82, 2.24) is 9.97 Å². The SMILES string of the molecule is Cc1[nH]c(-c2ccccc2NCc2ccc3[nH]ccc3c2)cc1C(N)=O. The number of benzene rings is 2. The van der Waals surface area contributed by atoms with Gasteiger partial charge in [-0.15, -0.1) is 0 Å². The first-order valence-electron chi connectivity index (χ1n) is 8.50. The molecule has 2 heterocycles. The maximum atomic E-state index is 11.5. The number of carbonyl (C=O) groups excluding carboxylic acids is 1. The average Bonchev–Trinajstić information content (AvgIpc) is 3.26. The summed E-state index contributed by atoms with van der Waals surface area (Å²) in [7, 11) is 0. The van der Waals surface area contributed by atoms with E-state index in [1.54, 1.807) is 0 Å². The summed E-state index contributed by atoms with van der Waals surface area (Å²) >= 11 is 0. The minimum absolute atomic E-state index is 0.421. The van der Waals surface area contributed by atoms with Crippen LogP contribution in [-0.2, 0) is 6.54 Å². The first kappa shape index (κ1) is 16.0. The standard InChI is InChI=1S/C21H20N4O/c1-13-17(21(22)26)11-20(25-13)16-4-2-3-5-19(16)24-12-14-6-7-18-15(10-14)8-9-23-18/h2-11,23-25H,12H2,1H3,(H2,22,26). The Balaban J connectivity index is 1.61. The molecule has 0 aliphatic heterocycles. The Morgan fingerprint density at radius 1 is 1.12 bits per heavy atom. The fourth-order valence-electron chi connectivity index (χ4n) is 3.24. The largest absolute Gasteiger partial charge is 0.380 e. The van der Waals surface area contributed by atoms with Crippen molar-refractivity contribution in [3.05, 3.63) is 77.6 Å². The lowest BCUT2D eigenvalue weighted by Gasteiger charge is -2.11. The van der Waals surface area contributed by atoms with Gasteiger partial charge in [-0.2, -0.15) is 0 Å². The molecule has 4 aromatic rings. The van der Waals surface area contributed by atoms with E-state index in [2.05, 4.69) is 39.6 Å². The van der Waals surface area contributed by atoms with Gasteiger partial charge in [0.1, 0.15) is 0 Å². The maximum absolute atomic E-state index is 11.5. The summed E-state index contributed by atoms with van der Waals surface area (Å²) in [6, 6.07) is 18.3. The number of para-hydroxylation sites is 1. The number of aromatic nitrogens is 2. The zero-order valence-corrected chi connectivity index (χ0v) is 14.5. The second kappa shape index (κ2) is 6.44. The molecule has 5 nitrogen and oxygen atoms in total. The number of H-pyrrole nitrogens is 2. The van der Waals surface area contributed by atoms with Crippen molar-refractivity contribution < 1.29 is 4.79 Å². The fraction of sp³-hybridized carbons (Fsp3) is 0.0952. The van der Waals surface area contributed by atoms with Crippen LogP contribution >= 0.6 is 0 Å². The van der Waals surface area contributed by atoms with Crippen molar-refractivity contribution in [2.24, 2.45) is 5.73 Å². The van der Waals surface area contributed by atoms with E-state index in [0.717, 1.165) is 28.2 Å². The predicted octanol–water partition coefficient (Wildman–Crippen LogP) is 4.18. The highest BCUT2D eigenvalue weighted by Gasteiger charge is 2.13. The Labute approximate surface area is 151 Å². The Morgan fingerprint density at radius 3 is 2.77 bits per heavy atom. The molecule has 2 aromatic carbocycles. The van der Waals surface area contributed by atoms with Crippen LogP contribution in [0, 0.1) is 6.92 Å². The van der Waals surface area contributed by atoms with Crippen LogP contribution in [-0.4, -0.2) is 15.9 Å². The van der Waals surface area contributed by atoms with Crippen LogP contribution < -0.4 is 11.1 Å². The number of aromatic amines is 2. The summed E-state index contributed by atoms with van der Waals surface area (Å²) in [4.78, 5) is 18.0. The molecular formula is C21H20N4O. The van der Waals surface area contributed by atoms with E-state index in [1.165, 1.54) is 10.9 Å². The van der Waals surface area contributed by atoms with E-state index in [9.17, 15) is 4.79 Å². The summed E-state index contributed by atoms with van der Waals surface area (Å²) in [6.45, 7) is 2.56. The number of amides is 1.